The fourth-order valence-corrected chi connectivity index (χ4v) is 0.740. The molecule has 1 atom stereocenters. The summed E-state index contributed by atoms with van der Waals surface area (Å²) in [6, 6.07) is 0. The van der Waals surface area contributed by atoms with Crippen LogP contribution in [-0.4, -0.2) is 42.9 Å². The zero-order valence-electron chi connectivity index (χ0n) is 6.30. The van der Waals surface area contributed by atoms with Gasteiger partial charge in [0.25, 0.3) is 0 Å². The Kier molecular flexibility index (Phi) is 1.71. The summed E-state index contributed by atoms with van der Waals surface area (Å²) in [5.74, 6) is -5.76. The van der Waals surface area contributed by atoms with Crippen molar-refractivity contribution < 1.29 is 30.3 Å². The lowest BCUT2D eigenvalue weighted by molar-refractivity contribution is -0.444. The lowest BCUT2D eigenvalue weighted by Gasteiger charge is -2.43. The zero-order chi connectivity index (χ0) is 9.62. The van der Waals surface area contributed by atoms with Crippen molar-refractivity contribution in [2.75, 3.05) is 0 Å². The number of hydrogen-bond donors (Lipinski definition) is 5. The molecule has 1 rings (SSSR count). The van der Waals surface area contributed by atoms with E-state index in [1.165, 1.54) is 0 Å². The van der Waals surface area contributed by atoms with E-state index in [1.54, 1.807) is 0 Å². The first-order chi connectivity index (χ1) is 5.21. The monoisotopic (exact) mass is 178 g/mol. The lowest BCUT2D eigenvalue weighted by Crippen LogP contribution is -2.68. The van der Waals surface area contributed by atoms with Crippen molar-refractivity contribution in [2.45, 2.75) is 24.3 Å². The Morgan fingerprint density at radius 3 is 1.92 bits per heavy atom. The Labute approximate surface area is 68.0 Å². The molecule has 70 valence electrons. The fraction of sp³-hybridized carbons (Fsp3) is 0.667. The number of hydrogen-bond acceptors (Lipinski definition) is 6. The molecule has 0 aromatic carbocycles. The van der Waals surface area contributed by atoms with E-state index in [0.29, 0.717) is 12.3 Å². The number of aliphatic hydroxyl groups is 5. The third-order valence-corrected chi connectivity index (χ3v) is 1.88. The summed E-state index contributed by atoms with van der Waals surface area (Å²) < 4.78 is 4.18. The molecule has 0 saturated carbocycles. The van der Waals surface area contributed by atoms with E-state index in [1.807, 2.05) is 0 Å². The highest BCUT2D eigenvalue weighted by Crippen LogP contribution is 2.35. The molecule has 1 unspecified atom stereocenters. The van der Waals surface area contributed by atoms with Crippen LogP contribution in [0.25, 0.3) is 0 Å². The van der Waals surface area contributed by atoms with E-state index in [2.05, 4.69) is 4.74 Å². The number of ether oxygens (including phenoxy) is 1. The minimum absolute atomic E-state index is 0.679. The van der Waals surface area contributed by atoms with Crippen molar-refractivity contribution in [3.8, 4) is 0 Å². The maximum absolute atomic E-state index is 9.25. The van der Waals surface area contributed by atoms with Gasteiger partial charge in [-0.05, 0) is 6.92 Å². The van der Waals surface area contributed by atoms with Crippen molar-refractivity contribution in [3.63, 3.8) is 0 Å². The van der Waals surface area contributed by atoms with E-state index in [-0.39, 0.29) is 0 Å². The third kappa shape index (κ3) is 1.01. The Hall–Kier alpha value is -0.660. The van der Waals surface area contributed by atoms with Crippen molar-refractivity contribution in [2.24, 2.45) is 0 Å². The smallest absolute Gasteiger partial charge is 0.357 e. The summed E-state index contributed by atoms with van der Waals surface area (Å²) in [7, 11) is 0. The van der Waals surface area contributed by atoms with Gasteiger partial charge in [0.05, 0.1) is 6.26 Å². The maximum Gasteiger partial charge on any atom is 0.357 e. The van der Waals surface area contributed by atoms with Crippen molar-refractivity contribution in [1.29, 1.82) is 0 Å². The van der Waals surface area contributed by atoms with Crippen molar-refractivity contribution >= 4 is 0 Å². The third-order valence-electron chi connectivity index (χ3n) is 1.88. The largest absolute Gasteiger partial charge is 0.445 e. The minimum Gasteiger partial charge on any atom is -0.445 e. The molecule has 1 aliphatic heterocycles. The molecule has 0 fully saturated rings. The Bertz CT molecular complexity index is 216. The van der Waals surface area contributed by atoms with E-state index in [4.69, 9.17) is 20.4 Å². The van der Waals surface area contributed by atoms with E-state index in [0.717, 1.165) is 6.92 Å². The summed E-state index contributed by atoms with van der Waals surface area (Å²) in [6.07, 6.45) is 1.37. The maximum atomic E-state index is 9.25. The van der Waals surface area contributed by atoms with Crippen LogP contribution in [0, 0.1) is 0 Å². The van der Waals surface area contributed by atoms with Gasteiger partial charge in [-0.2, -0.15) is 0 Å². The van der Waals surface area contributed by atoms with Crippen LogP contribution in [0.2, 0.25) is 0 Å². The average molecular weight is 178 g/mol. The first kappa shape index (κ1) is 9.43. The normalized spacial score (nSPS) is 37.5. The zero-order valence-corrected chi connectivity index (χ0v) is 6.30. The first-order valence-corrected chi connectivity index (χ1v) is 3.18. The van der Waals surface area contributed by atoms with Crippen LogP contribution < -0.4 is 0 Å². The van der Waals surface area contributed by atoms with Gasteiger partial charge in [-0.25, -0.2) is 0 Å². The van der Waals surface area contributed by atoms with Crippen LogP contribution in [0.3, 0.4) is 0 Å². The highest BCUT2D eigenvalue weighted by molar-refractivity contribution is 5.09. The van der Waals surface area contributed by atoms with Gasteiger partial charge in [-0.1, -0.05) is 0 Å². The van der Waals surface area contributed by atoms with Gasteiger partial charge in [0, 0.05) is 6.08 Å². The van der Waals surface area contributed by atoms with Gasteiger partial charge >= 0.3 is 5.97 Å². The molecule has 0 saturated heterocycles. The van der Waals surface area contributed by atoms with Gasteiger partial charge in [0.15, 0.2) is 0 Å². The summed E-state index contributed by atoms with van der Waals surface area (Å²) in [4.78, 5) is 0. The van der Waals surface area contributed by atoms with Gasteiger partial charge in [-0.15, -0.1) is 0 Å². The van der Waals surface area contributed by atoms with Gasteiger partial charge < -0.3 is 30.3 Å². The molecule has 0 aromatic rings. The van der Waals surface area contributed by atoms with Gasteiger partial charge in [0.2, 0.25) is 11.4 Å². The van der Waals surface area contributed by atoms with Crippen LogP contribution >= 0.6 is 0 Å². The second-order valence-electron chi connectivity index (χ2n) is 2.83. The second kappa shape index (κ2) is 2.18. The molecule has 1 aliphatic rings. The predicted octanol–water partition coefficient (Wildman–Crippen LogP) is -2.40. The van der Waals surface area contributed by atoms with Gasteiger partial charge in [-0.3, -0.25) is 0 Å². The van der Waals surface area contributed by atoms with E-state index >= 15 is 0 Å². The first-order valence-electron chi connectivity index (χ1n) is 3.18. The van der Waals surface area contributed by atoms with Crippen LogP contribution in [0.1, 0.15) is 6.92 Å². The molecule has 0 spiro atoms. The summed E-state index contributed by atoms with van der Waals surface area (Å²) >= 11 is 0. The summed E-state index contributed by atoms with van der Waals surface area (Å²) in [5, 5.41) is 45.3. The average Bonchev–Trinajstić information content (AvgIpc) is 1.83. The number of rotatable bonds is 0. The fourth-order valence-electron chi connectivity index (χ4n) is 0.740. The highest BCUT2D eigenvalue weighted by atomic mass is 16.8. The highest BCUT2D eigenvalue weighted by Gasteiger charge is 2.61. The molecular weight excluding hydrogens is 168 g/mol. The molecule has 5 N–H and O–H groups in total. The molecule has 6 heteroatoms. The van der Waals surface area contributed by atoms with E-state index < -0.39 is 17.4 Å². The van der Waals surface area contributed by atoms with Crippen LogP contribution in [0.4, 0.5) is 0 Å². The van der Waals surface area contributed by atoms with Crippen LogP contribution in [0.15, 0.2) is 12.3 Å². The molecule has 1 heterocycles. The van der Waals surface area contributed by atoms with Crippen LogP contribution in [0.5, 0.6) is 0 Å². The Morgan fingerprint density at radius 2 is 1.58 bits per heavy atom. The molecule has 0 aliphatic carbocycles. The summed E-state index contributed by atoms with van der Waals surface area (Å²) in [6.45, 7) is 0.816. The van der Waals surface area contributed by atoms with Crippen molar-refractivity contribution in [3.05, 3.63) is 12.3 Å². The molecule has 0 radical (unpaired) electrons. The molecule has 0 aromatic heterocycles. The SMILES string of the molecule is CC1(O)C(O)(O)C=COC1(O)O. The minimum atomic E-state index is -3.02. The molecular formula is C6H10O6. The van der Waals surface area contributed by atoms with Crippen LogP contribution in [-0.2, 0) is 4.74 Å². The van der Waals surface area contributed by atoms with Gasteiger partial charge in [0.1, 0.15) is 0 Å². The topological polar surface area (TPSA) is 110 Å². The second-order valence-corrected chi connectivity index (χ2v) is 2.83. The molecule has 6 nitrogen and oxygen atoms in total. The Balaban J connectivity index is 3.13. The predicted molar refractivity (Wildman–Crippen MR) is 35.2 cm³/mol. The van der Waals surface area contributed by atoms with Crippen molar-refractivity contribution in [1.82, 2.24) is 0 Å². The molecule has 12 heavy (non-hydrogen) atoms. The summed E-state index contributed by atoms with van der Waals surface area (Å²) in [5.41, 5.74) is -2.62. The lowest BCUT2D eigenvalue weighted by atomic mass is 9.91. The quantitative estimate of drug-likeness (QED) is 0.264. The van der Waals surface area contributed by atoms with E-state index in [9.17, 15) is 5.11 Å². The molecule has 0 amide bonds. The standard InChI is InChI=1S/C6H10O6/c1-4(7)5(8,9)2-3-12-6(4,10)11/h2-3,7-11H,1H3. The molecule has 0 bridgehead atoms. The Morgan fingerprint density at radius 1 is 1.08 bits per heavy atom.